The maximum atomic E-state index is 6.12. The first-order chi connectivity index (χ1) is 12.8. The smallest absolute Gasteiger partial charge is 0.310 e. The topological polar surface area (TPSA) is 89.8 Å². The highest BCUT2D eigenvalue weighted by molar-refractivity contribution is 7.80. The molecule has 0 unspecified atom stereocenters. The van der Waals surface area contributed by atoms with Crippen LogP contribution < -0.4 is 21.4 Å². The number of aryl methyl sites for hydroxylation is 2. The van der Waals surface area contributed by atoms with Crippen molar-refractivity contribution in [1.29, 1.82) is 0 Å². The summed E-state index contributed by atoms with van der Waals surface area (Å²) in [5, 5.41) is 8.02. The van der Waals surface area contributed by atoms with Gasteiger partial charge in [0.05, 0.1) is 16.9 Å². The lowest BCUT2D eigenvalue weighted by Crippen LogP contribution is -2.82. The SMILES string of the molecule is Cc1ccc2nc(NC(N)=[NH+]C(=S)Nc3cccc(Cl)c3C)nc(C)c2c1. The van der Waals surface area contributed by atoms with Crippen LogP contribution in [0.3, 0.4) is 0 Å². The Labute approximate surface area is 167 Å². The van der Waals surface area contributed by atoms with Crippen LogP contribution in [0.4, 0.5) is 11.6 Å². The maximum Gasteiger partial charge on any atom is 0.312 e. The Kier molecular flexibility index (Phi) is 5.53. The molecule has 138 valence electrons. The van der Waals surface area contributed by atoms with E-state index in [9.17, 15) is 0 Å². The third-order valence-corrected chi connectivity index (χ3v) is 4.67. The molecule has 0 aliphatic carbocycles. The van der Waals surface area contributed by atoms with Gasteiger partial charge in [-0.1, -0.05) is 29.3 Å². The summed E-state index contributed by atoms with van der Waals surface area (Å²) >= 11 is 11.4. The Balaban J connectivity index is 1.77. The first-order valence-electron chi connectivity index (χ1n) is 8.31. The summed E-state index contributed by atoms with van der Waals surface area (Å²) in [5.74, 6) is 0.619. The first kappa shape index (κ1) is 19.0. The van der Waals surface area contributed by atoms with Crippen LogP contribution in [0.2, 0.25) is 5.02 Å². The van der Waals surface area contributed by atoms with E-state index in [1.165, 1.54) is 0 Å². The molecule has 0 atom stereocenters. The fraction of sp³-hybridized carbons (Fsp3) is 0.158. The molecular formula is C19H20ClN6S+. The van der Waals surface area contributed by atoms with Gasteiger partial charge < -0.3 is 5.73 Å². The molecule has 27 heavy (non-hydrogen) atoms. The molecule has 0 amide bonds. The van der Waals surface area contributed by atoms with Crippen LogP contribution in [-0.2, 0) is 0 Å². The molecule has 0 aliphatic rings. The second-order valence-electron chi connectivity index (χ2n) is 6.18. The second kappa shape index (κ2) is 7.85. The Bertz CT molecular complexity index is 1060. The Morgan fingerprint density at radius 3 is 2.67 bits per heavy atom. The lowest BCUT2D eigenvalue weighted by atomic mass is 10.1. The normalized spacial score (nSPS) is 11.5. The Morgan fingerprint density at radius 2 is 1.89 bits per heavy atom. The van der Waals surface area contributed by atoms with Crippen LogP contribution in [0, 0.1) is 20.8 Å². The molecule has 0 fully saturated rings. The molecule has 0 saturated carbocycles. The zero-order valence-electron chi connectivity index (χ0n) is 15.2. The highest BCUT2D eigenvalue weighted by atomic mass is 35.5. The minimum Gasteiger partial charge on any atom is -0.310 e. The number of guanidine groups is 1. The van der Waals surface area contributed by atoms with Crippen LogP contribution in [0.5, 0.6) is 0 Å². The maximum absolute atomic E-state index is 6.12. The summed E-state index contributed by atoms with van der Waals surface area (Å²) in [6.45, 7) is 5.88. The van der Waals surface area contributed by atoms with Crippen molar-refractivity contribution in [1.82, 2.24) is 9.97 Å². The number of aromatic nitrogens is 2. The van der Waals surface area contributed by atoms with Crippen molar-refractivity contribution < 1.29 is 4.99 Å². The molecular weight excluding hydrogens is 380 g/mol. The van der Waals surface area contributed by atoms with E-state index in [4.69, 9.17) is 29.6 Å². The number of nitrogens with two attached hydrogens (primary N) is 1. The van der Waals surface area contributed by atoms with Gasteiger partial charge in [-0.15, -0.1) is 0 Å². The Hall–Kier alpha value is -2.77. The molecule has 5 N–H and O–H groups in total. The van der Waals surface area contributed by atoms with Gasteiger partial charge in [0.25, 0.3) is 11.1 Å². The van der Waals surface area contributed by atoms with Crippen molar-refractivity contribution in [2.45, 2.75) is 20.8 Å². The van der Waals surface area contributed by atoms with Crippen LogP contribution in [0.15, 0.2) is 36.4 Å². The van der Waals surface area contributed by atoms with E-state index in [1.807, 2.05) is 51.1 Å². The van der Waals surface area contributed by atoms with Gasteiger partial charge in [-0.2, -0.15) is 0 Å². The number of fused-ring (bicyclic) bond motifs is 1. The van der Waals surface area contributed by atoms with Crippen molar-refractivity contribution in [2.24, 2.45) is 5.73 Å². The molecule has 3 aromatic rings. The fourth-order valence-electron chi connectivity index (χ4n) is 2.62. The number of anilines is 2. The standard InChI is InChI=1S/C19H19ClN6S/c1-10-7-8-16-13(9-10)12(3)22-18(23-16)25-17(21)26-19(27)24-15-6-4-5-14(20)11(15)2/h4-9H,1-3H3,(H4,21,22,23,24,25,26,27)/p+1. The van der Waals surface area contributed by atoms with Crippen molar-refractivity contribution in [3.63, 3.8) is 0 Å². The molecule has 0 saturated heterocycles. The van der Waals surface area contributed by atoms with E-state index in [0.29, 0.717) is 16.1 Å². The molecule has 0 aliphatic heterocycles. The van der Waals surface area contributed by atoms with Crippen LogP contribution in [-0.4, -0.2) is 21.0 Å². The molecule has 1 aromatic heterocycles. The fourth-order valence-corrected chi connectivity index (χ4v) is 3.02. The van der Waals surface area contributed by atoms with Crippen LogP contribution in [0.25, 0.3) is 10.9 Å². The molecule has 8 heteroatoms. The van der Waals surface area contributed by atoms with Crippen LogP contribution >= 0.6 is 23.8 Å². The van der Waals surface area contributed by atoms with E-state index < -0.39 is 0 Å². The van der Waals surface area contributed by atoms with E-state index in [-0.39, 0.29) is 5.96 Å². The van der Waals surface area contributed by atoms with Crippen LogP contribution in [0.1, 0.15) is 16.8 Å². The van der Waals surface area contributed by atoms with Gasteiger partial charge in [-0.3, -0.25) is 5.32 Å². The number of benzene rings is 2. The lowest BCUT2D eigenvalue weighted by Gasteiger charge is -2.07. The van der Waals surface area contributed by atoms with Gasteiger partial charge in [0.15, 0.2) is 0 Å². The van der Waals surface area contributed by atoms with E-state index in [0.717, 1.165) is 33.4 Å². The average molecular weight is 400 g/mol. The predicted octanol–water partition coefficient (Wildman–Crippen LogP) is 2.41. The number of nitrogens with zero attached hydrogens (tertiary/aromatic N) is 2. The lowest BCUT2D eigenvalue weighted by molar-refractivity contribution is -0.311. The molecule has 0 radical (unpaired) electrons. The van der Waals surface area contributed by atoms with Crippen molar-refractivity contribution >= 4 is 57.4 Å². The first-order valence-corrected chi connectivity index (χ1v) is 9.09. The predicted molar refractivity (Wildman–Crippen MR) is 115 cm³/mol. The zero-order chi connectivity index (χ0) is 19.6. The summed E-state index contributed by atoms with van der Waals surface area (Å²) < 4.78 is 0. The zero-order valence-corrected chi connectivity index (χ0v) is 16.8. The summed E-state index contributed by atoms with van der Waals surface area (Å²) in [6, 6.07) is 11.6. The molecule has 6 nitrogen and oxygen atoms in total. The third-order valence-electron chi connectivity index (χ3n) is 4.05. The number of thiocarbonyl (C=S) groups is 1. The summed E-state index contributed by atoms with van der Waals surface area (Å²) in [5.41, 5.74) is 10.6. The minimum absolute atomic E-state index is 0.220. The average Bonchev–Trinajstić information content (AvgIpc) is 2.59. The van der Waals surface area contributed by atoms with Gasteiger partial charge in [-0.05, 0) is 57.3 Å². The largest absolute Gasteiger partial charge is 0.312 e. The summed E-state index contributed by atoms with van der Waals surface area (Å²) in [6.07, 6.45) is 0. The van der Waals surface area contributed by atoms with Gasteiger partial charge in [0.1, 0.15) is 0 Å². The molecule has 0 bridgehead atoms. The second-order valence-corrected chi connectivity index (χ2v) is 7.00. The third kappa shape index (κ3) is 4.50. The number of hydrogen-bond donors (Lipinski definition) is 4. The van der Waals surface area contributed by atoms with Gasteiger partial charge in [0.2, 0.25) is 0 Å². The number of nitrogens with one attached hydrogen (secondary N) is 3. The van der Waals surface area contributed by atoms with Gasteiger partial charge >= 0.3 is 5.96 Å². The minimum atomic E-state index is 0.220. The summed E-state index contributed by atoms with van der Waals surface area (Å²) in [7, 11) is 0. The Morgan fingerprint density at radius 1 is 1.11 bits per heavy atom. The highest BCUT2D eigenvalue weighted by Crippen LogP contribution is 2.22. The van der Waals surface area contributed by atoms with Crippen molar-refractivity contribution in [3.05, 3.63) is 58.2 Å². The number of hydrogen-bond acceptors (Lipinski definition) is 3. The quantitative estimate of drug-likeness (QED) is 0.300. The van der Waals surface area contributed by atoms with Crippen molar-refractivity contribution in [3.8, 4) is 0 Å². The van der Waals surface area contributed by atoms with E-state index in [1.54, 1.807) is 0 Å². The molecule has 2 aromatic carbocycles. The summed E-state index contributed by atoms with van der Waals surface area (Å²) in [4.78, 5) is 11.8. The molecule has 3 rings (SSSR count). The van der Waals surface area contributed by atoms with Crippen molar-refractivity contribution in [2.75, 3.05) is 10.6 Å². The number of rotatable bonds is 2. The highest BCUT2D eigenvalue weighted by Gasteiger charge is 2.10. The van der Waals surface area contributed by atoms with Gasteiger partial charge in [0, 0.05) is 16.0 Å². The monoisotopic (exact) mass is 399 g/mol. The molecule has 1 heterocycles. The van der Waals surface area contributed by atoms with E-state index in [2.05, 4.69) is 31.7 Å². The number of halogens is 1. The van der Waals surface area contributed by atoms with Gasteiger partial charge in [-0.25, -0.2) is 20.3 Å². The van der Waals surface area contributed by atoms with E-state index >= 15 is 0 Å². The molecule has 0 spiro atoms.